The Bertz CT molecular complexity index is 905. The lowest BCUT2D eigenvalue weighted by Gasteiger charge is -2.42. The first-order chi connectivity index (χ1) is 12.2. The molecule has 1 aliphatic carbocycles. The maximum absolute atomic E-state index is 4.93. The highest BCUT2D eigenvalue weighted by Gasteiger charge is 2.39. The van der Waals surface area contributed by atoms with Gasteiger partial charge in [-0.15, -0.1) is 11.3 Å². The smallest absolute Gasteiger partial charge is 0.0970 e. The van der Waals surface area contributed by atoms with Crippen LogP contribution in [-0.4, -0.2) is 38.3 Å². The molecule has 4 nitrogen and oxygen atoms in total. The number of rotatable bonds is 3. The normalized spacial score (nSPS) is 27.0. The van der Waals surface area contributed by atoms with Crippen LogP contribution in [0, 0.1) is 0 Å². The van der Waals surface area contributed by atoms with Gasteiger partial charge in [0.25, 0.3) is 0 Å². The van der Waals surface area contributed by atoms with Crippen LogP contribution in [0.3, 0.4) is 0 Å². The molecule has 5 heteroatoms. The van der Waals surface area contributed by atoms with Gasteiger partial charge in [-0.2, -0.15) is 5.10 Å². The van der Waals surface area contributed by atoms with E-state index in [2.05, 4.69) is 41.3 Å². The molecule has 1 atom stereocenters. The van der Waals surface area contributed by atoms with Gasteiger partial charge in [0.2, 0.25) is 0 Å². The maximum atomic E-state index is 4.93. The van der Waals surface area contributed by atoms with E-state index in [1.165, 1.54) is 53.1 Å². The van der Waals surface area contributed by atoms with E-state index in [-0.39, 0.29) is 0 Å². The third kappa shape index (κ3) is 2.70. The molecular formula is C20H24N4S. The minimum Gasteiger partial charge on any atom is -0.298 e. The molecule has 5 rings (SSSR count). The monoisotopic (exact) mass is 352 g/mol. The Labute approximate surface area is 152 Å². The van der Waals surface area contributed by atoms with Crippen molar-refractivity contribution in [3.8, 4) is 11.1 Å². The van der Waals surface area contributed by atoms with E-state index >= 15 is 0 Å². The van der Waals surface area contributed by atoms with Crippen molar-refractivity contribution >= 4 is 21.6 Å². The summed E-state index contributed by atoms with van der Waals surface area (Å²) >= 11 is 1.89. The van der Waals surface area contributed by atoms with E-state index < -0.39 is 0 Å². The van der Waals surface area contributed by atoms with Crippen molar-refractivity contribution < 1.29 is 0 Å². The summed E-state index contributed by atoms with van der Waals surface area (Å²) in [6.07, 6.45) is 9.33. The highest BCUT2D eigenvalue weighted by molar-refractivity contribution is 7.18. The zero-order chi connectivity index (χ0) is 17.0. The van der Waals surface area contributed by atoms with Gasteiger partial charge in [-0.05, 0) is 56.8 Å². The number of benzene rings is 1. The van der Waals surface area contributed by atoms with Crippen molar-refractivity contribution in [2.24, 2.45) is 7.05 Å². The van der Waals surface area contributed by atoms with Crippen LogP contribution in [0.15, 0.2) is 30.6 Å². The fourth-order valence-electron chi connectivity index (χ4n) is 4.43. The zero-order valence-electron chi connectivity index (χ0n) is 14.9. The highest BCUT2D eigenvalue weighted by atomic mass is 32.1. The fraction of sp³-hybridized carbons (Fsp3) is 0.500. The van der Waals surface area contributed by atoms with Gasteiger partial charge in [-0.25, -0.2) is 4.98 Å². The molecule has 0 bridgehead atoms. The molecule has 0 spiro atoms. The standard InChI is InChI=1S/C20H24N4S/c1-13-4-3-7-24(13)17-8-15(9-17)20-22-18-6-5-14(10-19(18)25-20)16-11-21-23(2)12-16/h5-6,10-13,15,17H,3-4,7-9H2,1-2H3. The van der Waals surface area contributed by atoms with Gasteiger partial charge in [0.15, 0.2) is 0 Å². The highest BCUT2D eigenvalue weighted by Crippen LogP contribution is 2.44. The van der Waals surface area contributed by atoms with E-state index in [1.54, 1.807) is 0 Å². The minimum atomic E-state index is 0.664. The number of likely N-dealkylation sites (tertiary alicyclic amines) is 1. The Morgan fingerprint density at radius 1 is 1.20 bits per heavy atom. The quantitative estimate of drug-likeness (QED) is 0.699. The lowest BCUT2D eigenvalue weighted by molar-refractivity contribution is 0.103. The SMILES string of the molecule is CC1CCCN1C1CC(c2nc3ccc(-c4cnn(C)c4)cc3s2)C1. The van der Waals surface area contributed by atoms with Crippen LogP contribution >= 0.6 is 11.3 Å². The van der Waals surface area contributed by atoms with Crippen molar-refractivity contribution in [1.82, 2.24) is 19.7 Å². The lowest BCUT2D eigenvalue weighted by Crippen LogP contribution is -2.45. The van der Waals surface area contributed by atoms with Crippen LogP contribution < -0.4 is 0 Å². The van der Waals surface area contributed by atoms with E-state index in [0.717, 1.165) is 17.6 Å². The van der Waals surface area contributed by atoms with E-state index in [1.807, 2.05) is 29.3 Å². The van der Waals surface area contributed by atoms with Gasteiger partial charge >= 0.3 is 0 Å². The summed E-state index contributed by atoms with van der Waals surface area (Å²) in [4.78, 5) is 7.66. The molecule has 1 saturated carbocycles. The molecule has 0 radical (unpaired) electrons. The van der Waals surface area contributed by atoms with Gasteiger partial charge < -0.3 is 0 Å². The number of hydrogen-bond acceptors (Lipinski definition) is 4. The predicted molar refractivity (Wildman–Crippen MR) is 103 cm³/mol. The van der Waals surface area contributed by atoms with Crippen LogP contribution in [0.2, 0.25) is 0 Å². The van der Waals surface area contributed by atoms with Crippen LogP contribution in [0.1, 0.15) is 43.5 Å². The van der Waals surface area contributed by atoms with Crippen molar-refractivity contribution in [1.29, 1.82) is 0 Å². The third-order valence-electron chi connectivity index (χ3n) is 5.98. The molecule has 1 saturated heterocycles. The van der Waals surface area contributed by atoms with E-state index in [4.69, 9.17) is 4.98 Å². The molecule has 3 aromatic rings. The van der Waals surface area contributed by atoms with Crippen molar-refractivity contribution in [2.75, 3.05) is 6.54 Å². The third-order valence-corrected chi connectivity index (χ3v) is 7.16. The van der Waals surface area contributed by atoms with Gasteiger partial charge in [-0.3, -0.25) is 9.58 Å². The molecule has 2 aromatic heterocycles. The van der Waals surface area contributed by atoms with Crippen LogP contribution in [0.25, 0.3) is 21.3 Å². The molecule has 0 N–H and O–H groups in total. The summed E-state index contributed by atoms with van der Waals surface area (Å²) in [5.74, 6) is 0.664. The Hall–Kier alpha value is -1.72. The summed E-state index contributed by atoms with van der Waals surface area (Å²) in [5, 5.41) is 5.62. The molecule has 25 heavy (non-hydrogen) atoms. The Morgan fingerprint density at radius 2 is 2.08 bits per heavy atom. The van der Waals surface area contributed by atoms with Crippen LogP contribution in [0.4, 0.5) is 0 Å². The largest absolute Gasteiger partial charge is 0.298 e. The number of thiazole rings is 1. The van der Waals surface area contributed by atoms with Crippen molar-refractivity contribution in [3.05, 3.63) is 35.6 Å². The Morgan fingerprint density at radius 3 is 2.80 bits per heavy atom. The molecule has 1 unspecified atom stereocenters. The lowest BCUT2D eigenvalue weighted by atomic mass is 9.79. The summed E-state index contributed by atoms with van der Waals surface area (Å²) in [7, 11) is 1.96. The predicted octanol–water partition coefficient (Wildman–Crippen LogP) is 4.43. The molecule has 2 fully saturated rings. The number of nitrogens with zero attached hydrogens (tertiary/aromatic N) is 4. The first kappa shape index (κ1) is 15.5. The summed E-state index contributed by atoms with van der Waals surface area (Å²) in [5.41, 5.74) is 3.55. The number of fused-ring (bicyclic) bond motifs is 1. The average molecular weight is 353 g/mol. The molecular weight excluding hydrogens is 328 g/mol. The number of aromatic nitrogens is 3. The first-order valence-corrected chi connectivity index (χ1v) is 10.1. The second-order valence-electron chi connectivity index (χ2n) is 7.69. The van der Waals surface area contributed by atoms with Crippen molar-refractivity contribution in [2.45, 2.75) is 50.6 Å². The van der Waals surface area contributed by atoms with Crippen LogP contribution in [-0.2, 0) is 7.05 Å². The summed E-state index contributed by atoms with van der Waals surface area (Å²) in [6, 6.07) is 8.17. The molecule has 1 aliphatic heterocycles. The first-order valence-electron chi connectivity index (χ1n) is 9.32. The van der Waals surface area contributed by atoms with Gasteiger partial charge in [0.1, 0.15) is 0 Å². The second kappa shape index (κ2) is 5.92. The topological polar surface area (TPSA) is 34.0 Å². The zero-order valence-corrected chi connectivity index (χ0v) is 15.7. The second-order valence-corrected chi connectivity index (χ2v) is 8.75. The molecule has 0 amide bonds. The molecule has 3 heterocycles. The molecule has 1 aromatic carbocycles. The Balaban J connectivity index is 1.35. The minimum absolute atomic E-state index is 0.664. The van der Waals surface area contributed by atoms with Gasteiger partial charge in [0, 0.05) is 36.8 Å². The fourth-order valence-corrected chi connectivity index (χ4v) is 5.56. The van der Waals surface area contributed by atoms with E-state index in [0.29, 0.717) is 5.92 Å². The van der Waals surface area contributed by atoms with Gasteiger partial charge in [0.05, 0.1) is 21.4 Å². The average Bonchev–Trinajstić information content (AvgIpc) is 3.26. The summed E-state index contributed by atoms with van der Waals surface area (Å²) < 4.78 is 3.15. The number of hydrogen-bond donors (Lipinski definition) is 0. The molecule has 2 aliphatic rings. The van der Waals surface area contributed by atoms with Gasteiger partial charge in [-0.1, -0.05) is 6.07 Å². The molecule has 130 valence electrons. The Kier molecular flexibility index (Phi) is 3.68. The van der Waals surface area contributed by atoms with Crippen molar-refractivity contribution in [3.63, 3.8) is 0 Å². The maximum Gasteiger partial charge on any atom is 0.0970 e. The number of aryl methyl sites for hydroxylation is 1. The van der Waals surface area contributed by atoms with Crippen LogP contribution in [0.5, 0.6) is 0 Å². The van der Waals surface area contributed by atoms with E-state index in [9.17, 15) is 0 Å². The summed E-state index contributed by atoms with van der Waals surface area (Å²) in [6.45, 7) is 3.69.